The lowest BCUT2D eigenvalue weighted by atomic mass is 9.89. The molecule has 2 aromatic heterocycles. The Bertz CT molecular complexity index is 944. The average molecular weight is 328 g/mol. The molecule has 23 heavy (non-hydrogen) atoms. The summed E-state index contributed by atoms with van der Waals surface area (Å²) in [5, 5.41) is 0.746. The predicted molar refractivity (Wildman–Crippen MR) is 90.6 cm³/mol. The van der Waals surface area contributed by atoms with Crippen LogP contribution in [0.1, 0.15) is 29.3 Å². The number of hydrogen-bond donors (Lipinski definition) is 0. The van der Waals surface area contributed by atoms with Crippen LogP contribution in [0.25, 0.3) is 10.2 Å². The van der Waals surface area contributed by atoms with Gasteiger partial charge < -0.3 is 0 Å². The lowest BCUT2D eigenvalue weighted by Crippen LogP contribution is -2.22. The number of nitrogens with zero attached hydrogens (tertiary/aromatic N) is 2. The summed E-state index contributed by atoms with van der Waals surface area (Å²) >= 11 is 1.64. The van der Waals surface area contributed by atoms with Gasteiger partial charge in [0.05, 0.1) is 18.3 Å². The van der Waals surface area contributed by atoms with E-state index in [1.54, 1.807) is 35.9 Å². The second-order valence-corrected chi connectivity index (χ2v) is 7.38. The number of aromatic nitrogens is 2. The van der Waals surface area contributed by atoms with Crippen LogP contribution in [0.2, 0.25) is 0 Å². The summed E-state index contributed by atoms with van der Waals surface area (Å²) in [6, 6.07) is 6.56. The molecule has 118 valence electrons. The first-order chi connectivity index (χ1) is 11.1. The van der Waals surface area contributed by atoms with E-state index in [-0.39, 0.29) is 17.9 Å². The van der Waals surface area contributed by atoms with Crippen molar-refractivity contribution in [1.29, 1.82) is 0 Å². The third kappa shape index (κ3) is 2.49. The van der Waals surface area contributed by atoms with Gasteiger partial charge in [-0.3, -0.25) is 9.36 Å². The summed E-state index contributed by atoms with van der Waals surface area (Å²) < 4.78 is 15.4. The van der Waals surface area contributed by atoms with Crippen molar-refractivity contribution in [2.45, 2.75) is 32.7 Å². The second-order valence-electron chi connectivity index (χ2n) is 6.30. The van der Waals surface area contributed by atoms with Crippen LogP contribution in [-0.2, 0) is 19.4 Å². The van der Waals surface area contributed by atoms with Gasteiger partial charge in [0, 0.05) is 10.4 Å². The standard InChI is InChI=1S/C18H17FN2OS/c1-11-6-7-13-15(8-11)23-17-16(13)18(22)21(10-20-17)9-12-4-2-3-5-14(12)19/h2-5,10-11H,6-9H2,1H3/t11-/m0/s1. The van der Waals surface area contributed by atoms with E-state index in [4.69, 9.17) is 0 Å². The van der Waals surface area contributed by atoms with Crippen LogP contribution >= 0.6 is 11.3 Å². The molecular weight excluding hydrogens is 311 g/mol. The molecule has 0 radical (unpaired) electrons. The predicted octanol–water partition coefficient (Wildman–Crippen LogP) is 3.77. The Hall–Kier alpha value is -2.01. The first-order valence-electron chi connectivity index (χ1n) is 7.86. The molecule has 0 saturated heterocycles. The summed E-state index contributed by atoms with van der Waals surface area (Å²) in [6.45, 7) is 2.46. The summed E-state index contributed by atoms with van der Waals surface area (Å²) in [7, 11) is 0. The quantitative estimate of drug-likeness (QED) is 0.718. The molecule has 4 rings (SSSR count). The van der Waals surface area contributed by atoms with Gasteiger partial charge >= 0.3 is 0 Å². The van der Waals surface area contributed by atoms with Crippen molar-refractivity contribution in [2.75, 3.05) is 0 Å². The second kappa shape index (κ2) is 5.57. The number of benzene rings is 1. The Labute approximate surface area is 137 Å². The van der Waals surface area contributed by atoms with Gasteiger partial charge in [0.1, 0.15) is 10.6 Å². The van der Waals surface area contributed by atoms with Crippen LogP contribution in [-0.4, -0.2) is 9.55 Å². The van der Waals surface area contributed by atoms with E-state index in [9.17, 15) is 9.18 Å². The maximum Gasteiger partial charge on any atom is 0.262 e. The molecule has 5 heteroatoms. The molecular formula is C18H17FN2OS. The molecule has 3 nitrogen and oxygen atoms in total. The maximum absolute atomic E-state index is 13.8. The lowest BCUT2D eigenvalue weighted by Gasteiger charge is -2.17. The minimum absolute atomic E-state index is 0.0506. The normalized spacial score (nSPS) is 17.4. The fourth-order valence-corrected chi connectivity index (χ4v) is 4.63. The van der Waals surface area contributed by atoms with E-state index >= 15 is 0 Å². The largest absolute Gasteiger partial charge is 0.294 e. The molecule has 0 amide bonds. The summed E-state index contributed by atoms with van der Waals surface area (Å²) in [5.74, 6) is 0.372. The minimum atomic E-state index is -0.291. The van der Waals surface area contributed by atoms with Gasteiger partial charge in [0.25, 0.3) is 5.56 Å². The third-order valence-electron chi connectivity index (χ3n) is 4.58. The van der Waals surface area contributed by atoms with Crippen LogP contribution in [0.4, 0.5) is 4.39 Å². The number of thiophene rings is 1. The molecule has 1 aromatic carbocycles. The van der Waals surface area contributed by atoms with Gasteiger partial charge in [0.15, 0.2) is 0 Å². The zero-order valence-electron chi connectivity index (χ0n) is 12.9. The minimum Gasteiger partial charge on any atom is -0.294 e. The van der Waals surface area contributed by atoms with Crippen LogP contribution in [0, 0.1) is 11.7 Å². The Balaban J connectivity index is 1.82. The summed E-state index contributed by atoms with van der Waals surface area (Å²) in [6.07, 6.45) is 4.63. The van der Waals surface area contributed by atoms with Crippen molar-refractivity contribution in [3.63, 3.8) is 0 Å². The molecule has 0 saturated carbocycles. The van der Waals surface area contributed by atoms with Crippen LogP contribution in [0.15, 0.2) is 35.4 Å². The van der Waals surface area contributed by atoms with Gasteiger partial charge in [-0.2, -0.15) is 0 Å². The molecule has 3 aromatic rings. The smallest absolute Gasteiger partial charge is 0.262 e. The van der Waals surface area contributed by atoms with Gasteiger partial charge in [0.2, 0.25) is 0 Å². The molecule has 0 bridgehead atoms. The first-order valence-corrected chi connectivity index (χ1v) is 8.68. The van der Waals surface area contributed by atoms with E-state index in [0.29, 0.717) is 11.5 Å². The van der Waals surface area contributed by atoms with E-state index in [1.807, 2.05) is 0 Å². The first kappa shape index (κ1) is 14.6. The fraction of sp³-hybridized carbons (Fsp3) is 0.333. The monoisotopic (exact) mass is 328 g/mol. The van der Waals surface area contributed by atoms with Crippen LogP contribution in [0.3, 0.4) is 0 Å². The number of rotatable bonds is 2. The number of fused-ring (bicyclic) bond motifs is 3. The number of hydrogen-bond acceptors (Lipinski definition) is 3. The van der Waals surface area contributed by atoms with Gasteiger partial charge in [-0.15, -0.1) is 11.3 Å². The number of aryl methyl sites for hydroxylation is 1. The van der Waals surface area contributed by atoms with E-state index in [2.05, 4.69) is 11.9 Å². The third-order valence-corrected chi connectivity index (χ3v) is 5.74. The average Bonchev–Trinajstić information content (AvgIpc) is 2.90. The van der Waals surface area contributed by atoms with Crippen molar-refractivity contribution < 1.29 is 4.39 Å². The molecule has 0 fully saturated rings. The molecule has 0 aliphatic heterocycles. The highest BCUT2D eigenvalue weighted by Gasteiger charge is 2.23. The molecule has 1 aliphatic rings. The topological polar surface area (TPSA) is 34.9 Å². The molecule has 1 atom stereocenters. The van der Waals surface area contributed by atoms with Gasteiger partial charge in [-0.25, -0.2) is 9.37 Å². The van der Waals surface area contributed by atoms with Crippen LogP contribution in [0.5, 0.6) is 0 Å². The SMILES string of the molecule is C[C@H]1CCc2c(sc3ncn(Cc4ccccc4F)c(=O)c23)C1. The summed E-state index contributed by atoms with van der Waals surface area (Å²) in [4.78, 5) is 19.4. The number of halogens is 1. The fourth-order valence-electron chi connectivity index (χ4n) is 3.29. The maximum atomic E-state index is 13.8. The highest BCUT2D eigenvalue weighted by molar-refractivity contribution is 7.18. The lowest BCUT2D eigenvalue weighted by molar-refractivity contribution is 0.509. The van der Waals surface area contributed by atoms with Crippen molar-refractivity contribution in [3.8, 4) is 0 Å². The van der Waals surface area contributed by atoms with E-state index in [0.717, 1.165) is 29.5 Å². The van der Waals surface area contributed by atoms with Crippen LogP contribution < -0.4 is 5.56 Å². The Kier molecular flexibility index (Phi) is 3.53. The molecule has 1 aliphatic carbocycles. The highest BCUT2D eigenvalue weighted by Crippen LogP contribution is 2.35. The van der Waals surface area contributed by atoms with Gasteiger partial charge in [-0.05, 0) is 36.8 Å². The molecule has 2 heterocycles. The van der Waals surface area contributed by atoms with Crippen molar-refractivity contribution in [2.24, 2.45) is 5.92 Å². The van der Waals surface area contributed by atoms with E-state index < -0.39 is 0 Å². The Morgan fingerprint density at radius 1 is 1.39 bits per heavy atom. The zero-order valence-corrected chi connectivity index (χ0v) is 13.7. The zero-order chi connectivity index (χ0) is 16.0. The van der Waals surface area contributed by atoms with Crippen molar-refractivity contribution >= 4 is 21.6 Å². The molecule has 0 spiro atoms. The highest BCUT2D eigenvalue weighted by atomic mass is 32.1. The molecule has 0 unspecified atom stereocenters. The Morgan fingerprint density at radius 2 is 2.22 bits per heavy atom. The van der Waals surface area contributed by atoms with Crippen molar-refractivity contribution in [3.05, 3.63) is 62.8 Å². The van der Waals surface area contributed by atoms with Gasteiger partial charge in [-0.1, -0.05) is 25.1 Å². The van der Waals surface area contributed by atoms with Crippen molar-refractivity contribution in [1.82, 2.24) is 9.55 Å². The summed E-state index contributed by atoms with van der Waals surface area (Å²) in [5.41, 5.74) is 1.63. The molecule has 0 N–H and O–H groups in total. The van der Waals surface area contributed by atoms with E-state index in [1.165, 1.54) is 21.1 Å². The Morgan fingerprint density at radius 3 is 3.04 bits per heavy atom.